The number of carbonyl (C=O) groups excluding carboxylic acids is 2. The summed E-state index contributed by atoms with van der Waals surface area (Å²) in [7, 11) is 0. The quantitative estimate of drug-likeness (QED) is 0.404. The molecule has 0 spiro atoms. The van der Waals surface area contributed by atoms with Crippen molar-refractivity contribution in [3.63, 3.8) is 0 Å². The van der Waals surface area contributed by atoms with Crippen LogP contribution >= 0.6 is 0 Å². The van der Waals surface area contributed by atoms with Gasteiger partial charge < -0.3 is 20.4 Å². The van der Waals surface area contributed by atoms with Crippen LogP contribution in [-0.4, -0.2) is 59.3 Å². The minimum Gasteiger partial charge on any atom is -0.351 e. The molecule has 8 heteroatoms. The van der Waals surface area contributed by atoms with Gasteiger partial charge in [-0.15, -0.1) is 5.10 Å². The predicted molar refractivity (Wildman–Crippen MR) is 149 cm³/mol. The van der Waals surface area contributed by atoms with Gasteiger partial charge in [0.05, 0.1) is 6.20 Å². The lowest BCUT2D eigenvalue weighted by molar-refractivity contribution is 0.0951. The van der Waals surface area contributed by atoms with Crippen molar-refractivity contribution in [1.82, 2.24) is 20.4 Å². The van der Waals surface area contributed by atoms with Crippen LogP contribution in [0.5, 0.6) is 0 Å². The number of nitrogens with one attached hydrogen (secondary N) is 2. The van der Waals surface area contributed by atoms with Crippen molar-refractivity contribution in [3.05, 3.63) is 84.1 Å². The summed E-state index contributed by atoms with van der Waals surface area (Å²) < 4.78 is 0. The first kappa shape index (κ1) is 23.9. The zero-order valence-corrected chi connectivity index (χ0v) is 21.4. The van der Waals surface area contributed by atoms with Gasteiger partial charge in [-0.25, -0.2) is 4.79 Å². The van der Waals surface area contributed by atoms with Gasteiger partial charge in [0, 0.05) is 54.2 Å². The summed E-state index contributed by atoms with van der Waals surface area (Å²) >= 11 is 0. The molecular weight excluding hydrogens is 476 g/mol. The highest BCUT2D eigenvalue weighted by Crippen LogP contribution is 2.31. The van der Waals surface area contributed by atoms with Crippen molar-refractivity contribution in [2.24, 2.45) is 0 Å². The third-order valence-corrected chi connectivity index (χ3v) is 7.26. The molecule has 192 valence electrons. The molecule has 3 amide bonds. The first-order valence-electron chi connectivity index (χ1n) is 13.1. The number of benzene rings is 3. The van der Waals surface area contributed by atoms with E-state index in [1.165, 1.54) is 0 Å². The van der Waals surface area contributed by atoms with Gasteiger partial charge in [0.2, 0.25) is 0 Å². The molecule has 3 aromatic carbocycles. The number of urea groups is 1. The Bertz CT molecular complexity index is 1490. The lowest BCUT2D eigenvalue weighted by atomic mass is 9.96. The smallest absolute Gasteiger partial charge is 0.321 e. The van der Waals surface area contributed by atoms with Crippen molar-refractivity contribution in [3.8, 4) is 11.1 Å². The van der Waals surface area contributed by atoms with E-state index in [1.807, 2.05) is 53.4 Å². The maximum absolute atomic E-state index is 12.7. The fourth-order valence-corrected chi connectivity index (χ4v) is 4.89. The Balaban J connectivity index is 1.19. The summed E-state index contributed by atoms with van der Waals surface area (Å²) in [6, 6.07) is 21.9. The molecule has 2 heterocycles. The average molecular weight is 507 g/mol. The number of aryl methyl sites for hydroxylation is 1. The number of fused-ring (bicyclic) bond motifs is 1. The first-order valence-corrected chi connectivity index (χ1v) is 13.1. The van der Waals surface area contributed by atoms with Crippen LogP contribution in [0.25, 0.3) is 21.9 Å². The first-order chi connectivity index (χ1) is 18.5. The maximum Gasteiger partial charge on any atom is 0.321 e. The maximum atomic E-state index is 12.7. The second-order valence-corrected chi connectivity index (χ2v) is 10.0. The number of amides is 3. The van der Waals surface area contributed by atoms with E-state index in [9.17, 15) is 9.59 Å². The number of anilines is 2. The standard InChI is InChI=1S/C30H30N6O2/c1-20-7-8-22(29(37)32-25-10-11-25)18-27(20)21-9-12-26-23(17-21)19-31-34-28(26)35-13-15-36(16-14-35)30(38)33-24-5-3-2-4-6-24/h2-9,12,17-19,25H,10-11,13-16H2,1H3,(H,32,37)(H,33,38). The highest BCUT2D eigenvalue weighted by Gasteiger charge is 2.25. The van der Waals surface area contributed by atoms with Crippen LogP contribution in [0.4, 0.5) is 16.3 Å². The molecule has 2 aliphatic rings. The highest BCUT2D eigenvalue weighted by molar-refractivity contribution is 5.98. The summed E-state index contributed by atoms with van der Waals surface area (Å²) in [5.41, 5.74) is 4.66. The van der Waals surface area contributed by atoms with Crippen LogP contribution in [0.3, 0.4) is 0 Å². The molecule has 0 bridgehead atoms. The molecule has 1 aromatic heterocycles. The monoisotopic (exact) mass is 506 g/mol. The number of para-hydroxylation sites is 1. The van der Waals surface area contributed by atoms with Gasteiger partial charge in [-0.05, 0) is 72.9 Å². The SMILES string of the molecule is Cc1ccc(C(=O)NC2CC2)cc1-c1ccc2c(N3CCN(C(=O)Nc4ccccc4)CC3)nncc2c1. The summed E-state index contributed by atoms with van der Waals surface area (Å²) in [4.78, 5) is 29.3. The molecule has 1 aliphatic carbocycles. The fraction of sp³-hybridized carbons (Fsp3) is 0.267. The van der Waals surface area contributed by atoms with Crippen molar-refractivity contribution in [1.29, 1.82) is 0 Å². The average Bonchev–Trinajstić information content (AvgIpc) is 3.77. The number of carbonyl (C=O) groups is 2. The molecule has 0 radical (unpaired) electrons. The molecule has 38 heavy (non-hydrogen) atoms. The van der Waals surface area contributed by atoms with Crippen molar-refractivity contribution < 1.29 is 9.59 Å². The number of aromatic nitrogens is 2. The van der Waals surface area contributed by atoms with Gasteiger partial charge >= 0.3 is 6.03 Å². The van der Waals surface area contributed by atoms with Crippen LogP contribution in [0.1, 0.15) is 28.8 Å². The second-order valence-electron chi connectivity index (χ2n) is 10.0. The molecule has 1 saturated heterocycles. The van der Waals surface area contributed by atoms with E-state index < -0.39 is 0 Å². The summed E-state index contributed by atoms with van der Waals surface area (Å²) in [6.07, 6.45) is 3.91. The lowest BCUT2D eigenvalue weighted by Gasteiger charge is -2.35. The zero-order chi connectivity index (χ0) is 26.1. The Kier molecular flexibility index (Phi) is 6.37. The lowest BCUT2D eigenvalue weighted by Crippen LogP contribution is -2.50. The molecule has 6 rings (SSSR count). The number of nitrogens with zero attached hydrogens (tertiary/aromatic N) is 4. The molecule has 4 aromatic rings. The fourth-order valence-electron chi connectivity index (χ4n) is 4.89. The number of hydrogen-bond acceptors (Lipinski definition) is 5. The number of hydrogen-bond donors (Lipinski definition) is 2. The van der Waals surface area contributed by atoms with Gasteiger partial charge in [-0.2, -0.15) is 5.10 Å². The zero-order valence-electron chi connectivity index (χ0n) is 21.4. The minimum atomic E-state index is -0.0899. The molecule has 8 nitrogen and oxygen atoms in total. The highest BCUT2D eigenvalue weighted by atomic mass is 16.2. The van der Waals surface area contributed by atoms with E-state index in [1.54, 1.807) is 6.20 Å². The summed E-state index contributed by atoms with van der Waals surface area (Å²) in [5, 5.41) is 16.8. The van der Waals surface area contributed by atoms with Gasteiger partial charge in [-0.3, -0.25) is 4.79 Å². The van der Waals surface area contributed by atoms with E-state index in [0.717, 1.165) is 51.8 Å². The molecule has 1 aliphatic heterocycles. The number of piperazine rings is 1. The Morgan fingerprint density at radius 3 is 2.47 bits per heavy atom. The van der Waals surface area contributed by atoms with Crippen molar-refractivity contribution in [2.45, 2.75) is 25.8 Å². The van der Waals surface area contributed by atoms with E-state index >= 15 is 0 Å². The van der Waals surface area contributed by atoms with E-state index in [0.29, 0.717) is 37.8 Å². The topological polar surface area (TPSA) is 90.5 Å². The Hall–Kier alpha value is -4.46. The van der Waals surface area contributed by atoms with E-state index in [2.05, 4.69) is 50.9 Å². The van der Waals surface area contributed by atoms with E-state index in [4.69, 9.17) is 0 Å². The van der Waals surface area contributed by atoms with Crippen molar-refractivity contribution in [2.75, 3.05) is 36.4 Å². The Morgan fingerprint density at radius 2 is 1.71 bits per heavy atom. The molecule has 0 unspecified atom stereocenters. The van der Waals surface area contributed by atoms with Crippen LogP contribution in [-0.2, 0) is 0 Å². The molecule has 2 N–H and O–H groups in total. The van der Waals surface area contributed by atoms with Crippen LogP contribution in [0.2, 0.25) is 0 Å². The Morgan fingerprint density at radius 1 is 0.921 bits per heavy atom. The normalized spacial score (nSPS) is 15.4. The van der Waals surface area contributed by atoms with Crippen LogP contribution < -0.4 is 15.5 Å². The molecular formula is C30H30N6O2. The van der Waals surface area contributed by atoms with Gasteiger partial charge in [0.25, 0.3) is 5.91 Å². The second kappa shape index (κ2) is 10.1. The Labute approximate surface area is 221 Å². The third-order valence-electron chi connectivity index (χ3n) is 7.26. The summed E-state index contributed by atoms with van der Waals surface area (Å²) in [5.74, 6) is 0.811. The van der Waals surface area contributed by atoms with Gasteiger partial charge in [-0.1, -0.05) is 30.3 Å². The predicted octanol–water partition coefficient (Wildman–Crippen LogP) is 4.85. The van der Waals surface area contributed by atoms with Crippen LogP contribution in [0, 0.1) is 6.92 Å². The van der Waals surface area contributed by atoms with Gasteiger partial charge in [0.15, 0.2) is 5.82 Å². The van der Waals surface area contributed by atoms with Gasteiger partial charge in [0.1, 0.15) is 0 Å². The summed E-state index contributed by atoms with van der Waals surface area (Å²) in [6.45, 7) is 4.61. The van der Waals surface area contributed by atoms with Crippen molar-refractivity contribution >= 4 is 34.2 Å². The molecule has 0 atom stereocenters. The number of rotatable bonds is 5. The van der Waals surface area contributed by atoms with E-state index in [-0.39, 0.29) is 11.9 Å². The van der Waals surface area contributed by atoms with Crippen LogP contribution in [0.15, 0.2) is 72.9 Å². The molecule has 1 saturated carbocycles. The molecule has 2 fully saturated rings. The largest absolute Gasteiger partial charge is 0.351 e. The third kappa shape index (κ3) is 5.02. The minimum absolute atomic E-state index is 0.0146.